The number of nitrogens with zero attached hydrogens (tertiary/aromatic N) is 1. The number of hydrogen-bond acceptors (Lipinski definition) is 4. The number of rotatable bonds is 5. The Labute approximate surface area is 113 Å². The third-order valence-electron chi connectivity index (χ3n) is 3.27. The Bertz CT molecular complexity index is 400. The fourth-order valence-electron chi connectivity index (χ4n) is 2.05. The van der Waals surface area contributed by atoms with Gasteiger partial charge >= 0.3 is 0 Å². The summed E-state index contributed by atoms with van der Waals surface area (Å²) < 4.78 is 5.28. The molecule has 1 aromatic carbocycles. The fourth-order valence-corrected chi connectivity index (χ4v) is 2.05. The van der Waals surface area contributed by atoms with Crippen LogP contribution in [0.2, 0.25) is 0 Å². The largest absolute Gasteiger partial charge is 0.379 e. The number of nitrogens with two attached hydrogens (primary N) is 1. The van der Waals surface area contributed by atoms with Gasteiger partial charge in [0.1, 0.15) is 0 Å². The van der Waals surface area contributed by atoms with Crippen LogP contribution in [0.1, 0.15) is 15.9 Å². The average Bonchev–Trinajstić information content (AvgIpc) is 2.48. The van der Waals surface area contributed by atoms with Gasteiger partial charge in [0.25, 0.3) is 5.91 Å². The molecule has 19 heavy (non-hydrogen) atoms. The minimum absolute atomic E-state index is 0.0307. The summed E-state index contributed by atoms with van der Waals surface area (Å²) in [5.41, 5.74) is 7.23. The second kappa shape index (κ2) is 7.23. The van der Waals surface area contributed by atoms with Crippen LogP contribution < -0.4 is 11.1 Å². The Morgan fingerprint density at radius 1 is 1.26 bits per heavy atom. The van der Waals surface area contributed by atoms with Crippen molar-refractivity contribution in [3.8, 4) is 0 Å². The van der Waals surface area contributed by atoms with E-state index in [1.165, 1.54) is 0 Å². The van der Waals surface area contributed by atoms with Crippen LogP contribution in [0, 0.1) is 0 Å². The molecule has 1 aromatic rings. The van der Waals surface area contributed by atoms with Gasteiger partial charge in [0.05, 0.1) is 13.2 Å². The van der Waals surface area contributed by atoms with Crippen LogP contribution in [0.3, 0.4) is 0 Å². The van der Waals surface area contributed by atoms with E-state index in [0.717, 1.165) is 38.4 Å². The molecule has 1 aliphatic rings. The average molecular weight is 263 g/mol. The Kier molecular flexibility index (Phi) is 5.32. The minimum atomic E-state index is -0.0307. The van der Waals surface area contributed by atoms with Gasteiger partial charge in [-0.25, -0.2) is 0 Å². The van der Waals surface area contributed by atoms with Gasteiger partial charge in [0, 0.05) is 38.3 Å². The number of benzene rings is 1. The first-order valence-corrected chi connectivity index (χ1v) is 6.67. The quantitative estimate of drug-likeness (QED) is 0.797. The van der Waals surface area contributed by atoms with Gasteiger partial charge in [-0.1, -0.05) is 12.1 Å². The molecule has 0 bridgehead atoms. The van der Waals surface area contributed by atoms with Crippen molar-refractivity contribution in [1.29, 1.82) is 0 Å². The fraction of sp³-hybridized carbons (Fsp3) is 0.500. The number of carbonyl (C=O) groups excluding carboxylic acids is 1. The number of ether oxygens (including phenoxy) is 1. The molecular weight excluding hydrogens is 242 g/mol. The van der Waals surface area contributed by atoms with Crippen LogP contribution in [0.15, 0.2) is 24.3 Å². The van der Waals surface area contributed by atoms with Crippen LogP contribution in [-0.2, 0) is 11.3 Å². The summed E-state index contributed by atoms with van der Waals surface area (Å²) in [5.74, 6) is -0.0307. The number of carbonyl (C=O) groups is 1. The van der Waals surface area contributed by atoms with E-state index >= 15 is 0 Å². The highest BCUT2D eigenvalue weighted by molar-refractivity contribution is 5.94. The standard InChI is InChI=1S/C14H21N3O2/c15-11-12-1-3-13(4-2-12)14(18)16-5-6-17-7-9-19-10-8-17/h1-4H,5-11,15H2,(H,16,18). The second-order valence-corrected chi connectivity index (χ2v) is 4.61. The maximum Gasteiger partial charge on any atom is 0.251 e. The van der Waals surface area contributed by atoms with Gasteiger partial charge in [0.15, 0.2) is 0 Å². The lowest BCUT2D eigenvalue weighted by molar-refractivity contribution is 0.0383. The molecule has 0 aliphatic carbocycles. The summed E-state index contributed by atoms with van der Waals surface area (Å²) in [4.78, 5) is 14.2. The zero-order valence-electron chi connectivity index (χ0n) is 11.1. The monoisotopic (exact) mass is 263 g/mol. The van der Waals surface area contributed by atoms with Crippen molar-refractivity contribution < 1.29 is 9.53 Å². The SMILES string of the molecule is NCc1ccc(C(=O)NCCN2CCOCC2)cc1. The number of nitrogens with one attached hydrogen (secondary N) is 1. The van der Waals surface area contributed by atoms with Gasteiger partial charge in [-0.3, -0.25) is 9.69 Å². The molecule has 5 nitrogen and oxygen atoms in total. The first kappa shape index (κ1) is 14.0. The van der Waals surface area contributed by atoms with Crippen molar-refractivity contribution in [2.24, 2.45) is 5.73 Å². The van der Waals surface area contributed by atoms with E-state index in [2.05, 4.69) is 10.2 Å². The molecule has 1 amide bonds. The molecule has 0 aromatic heterocycles. The summed E-state index contributed by atoms with van der Waals surface area (Å²) in [6.07, 6.45) is 0. The van der Waals surface area contributed by atoms with Crippen LogP contribution in [0.4, 0.5) is 0 Å². The molecule has 1 heterocycles. The molecule has 0 atom stereocenters. The second-order valence-electron chi connectivity index (χ2n) is 4.61. The van der Waals surface area contributed by atoms with E-state index in [-0.39, 0.29) is 5.91 Å². The normalized spacial score (nSPS) is 16.3. The van der Waals surface area contributed by atoms with Crippen LogP contribution in [0.5, 0.6) is 0 Å². The van der Waals surface area contributed by atoms with Gasteiger partial charge in [-0.2, -0.15) is 0 Å². The molecule has 1 fully saturated rings. The molecule has 0 radical (unpaired) electrons. The molecule has 0 spiro atoms. The molecule has 1 aliphatic heterocycles. The Morgan fingerprint density at radius 2 is 1.95 bits per heavy atom. The summed E-state index contributed by atoms with van der Waals surface area (Å²) in [5, 5.41) is 2.93. The topological polar surface area (TPSA) is 67.6 Å². The minimum Gasteiger partial charge on any atom is -0.379 e. The molecular formula is C14H21N3O2. The predicted octanol–water partition coefficient (Wildman–Crippen LogP) is 0.207. The van der Waals surface area contributed by atoms with Gasteiger partial charge in [-0.15, -0.1) is 0 Å². The van der Waals surface area contributed by atoms with E-state index in [1.54, 1.807) is 0 Å². The van der Waals surface area contributed by atoms with E-state index in [9.17, 15) is 4.79 Å². The molecule has 0 unspecified atom stereocenters. The highest BCUT2D eigenvalue weighted by atomic mass is 16.5. The van der Waals surface area contributed by atoms with Crippen molar-refractivity contribution in [1.82, 2.24) is 10.2 Å². The molecule has 104 valence electrons. The van der Waals surface area contributed by atoms with Crippen LogP contribution >= 0.6 is 0 Å². The number of morpholine rings is 1. The lowest BCUT2D eigenvalue weighted by Crippen LogP contribution is -2.41. The Hall–Kier alpha value is -1.43. The van der Waals surface area contributed by atoms with Gasteiger partial charge in [0.2, 0.25) is 0 Å². The summed E-state index contributed by atoms with van der Waals surface area (Å²) in [6, 6.07) is 7.40. The summed E-state index contributed by atoms with van der Waals surface area (Å²) >= 11 is 0. The van der Waals surface area contributed by atoms with E-state index in [0.29, 0.717) is 18.7 Å². The summed E-state index contributed by atoms with van der Waals surface area (Å²) in [6.45, 7) is 5.50. The lowest BCUT2D eigenvalue weighted by atomic mass is 10.1. The number of amides is 1. The van der Waals surface area contributed by atoms with Crippen molar-refractivity contribution in [2.75, 3.05) is 39.4 Å². The van der Waals surface area contributed by atoms with E-state index < -0.39 is 0 Å². The van der Waals surface area contributed by atoms with Crippen molar-refractivity contribution in [3.05, 3.63) is 35.4 Å². The third-order valence-corrected chi connectivity index (χ3v) is 3.27. The summed E-state index contributed by atoms with van der Waals surface area (Å²) in [7, 11) is 0. The van der Waals surface area contributed by atoms with Gasteiger partial charge < -0.3 is 15.8 Å². The van der Waals surface area contributed by atoms with Crippen molar-refractivity contribution in [2.45, 2.75) is 6.54 Å². The van der Waals surface area contributed by atoms with E-state index in [1.807, 2.05) is 24.3 Å². The Balaban J connectivity index is 1.73. The van der Waals surface area contributed by atoms with Crippen molar-refractivity contribution in [3.63, 3.8) is 0 Å². The third kappa shape index (κ3) is 4.31. The van der Waals surface area contributed by atoms with Crippen LogP contribution in [0.25, 0.3) is 0 Å². The highest BCUT2D eigenvalue weighted by Crippen LogP contribution is 2.03. The molecule has 1 saturated heterocycles. The zero-order valence-corrected chi connectivity index (χ0v) is 11.1. The molecule has 0 saturated carbocycles. The molecule has 2 rings (SSSR count). The zero-order chi connectivity index (χ0) is 13.5. The molecule has 5 heteroatoms. The van der Waals surface area contributed by atoms with Gasteiger partial charge in [-0.05, 0) is 17.7 Å². The smallest absolute Gasteiger partial charge is 0.251 e. The van der Waals surface area contributed by atoms with Crippen LogP contribution in [-0.4, -0.2) is 50.2 Å². The first-order chi connectivity index (χ1) is 9.29. The number of hydrogen-bond donors (Lipinski definition) is 2. The molecule has 3 N–H and O–H groups in total. The lowest BCUT2D eigenvalue weighted by Gasteiger charge is -2.26. The Morgan fingerprint density at radius 3 is 2.58 bits per heavy atom. The van der Waals surface area contributed by atoms with Crippen molar-refractivity contribution >= 4 is 5.91 Å². The maximum absolute atomic E-state index is 11.9. The highest BCUT2D eigenvalue weighted by Gasteiger charge is 2.10. The maximum atomic E-state index is 11.9. The first-order valence-electron chi connectivity index (χ1n) is 6.67. The van der Waals surface area contributed by atoms with E-state index in [4.69, 9.17) is 10.5 Å². The predicted molar refractivity (Wildman–Crippen MR) is 73.9 cm³/mol.